The van der Waals surface area contributed by atoms with Gasteiger partial charge in [0.15, 0.2) is 0 Å². The lowest BCUT2D eigenvalue weighted by Gasteiger charge is -2.05. The van der Waals surface area contributed by atoms with Gasteiger partial charge in [0.25, 0.3) is 5.69 Å². The zero-order valence-electron chi connectivity index (χ0n) is 10.1. The van der Waals surface area contributed by atoms with Crippen molar-refractivity contribution >= 4 is 21.6 Å². The molecule has 0 aliphatic carbocycles. The number of nitrogens with one attached hydrogen (secondary N) is 2. The van der Waals surface area contributed by atoms with Crippen molar-refractivity contribution in [2.75, 3.05) is 6.54 Å². The number of rotatable bonds is 6. The topological polar surface area (TPSA) is 83.8 Å². The molecule has 0 aliphatic heterocycles. The van der Waals surface area contributed by atoms with E-state index in [4.69, 9.17) is 0 Å². The maximum atomic E-state index is 10.9. The second-order valence-electron chi connectivity index (χ2n) is 4.03. The predicted octanol–water partition coefficient (Wildman–Crippen LogP) is 2.41. The number of H-pyrrole nitrogens is 1. The van der Waals surface area contributed by atoms with Gasteiger partial charge in [-0.3, -0.25) is 10.1 Å². The van der Waals surface area contributed by atoms with Crippen molar-refractivity contribution in [3.8, 4) is 0 Å². The van der Waals surface area contributed by atoms with E-state index in [1.165, 1.54) is 6.07 Å². The lowest BCUT2D eigenvalue weighted by Crippen LogP contribution is -2.17. The first kappa shape index (κ1) is 13.7. The van der Waals surface area contributed by atoms with Crippen molar-refractivity contribution in [3.05, 3.63) is 56.6 Å². The maximum absolute atomic E-state index is 10.9. The summed E-state index contributed by atoms with van der Waals surface area (Å²) in [5.74, 6) is 0. The van der Waals surface area contributed by atoms with E-state index >= 15 is 0 Å². The van der Waals surface area contributed by atoms with Gasteiger partial charge in [0, 0.05) is 47.5 Å². The molecule has 1 aromatic heterocycles. The Balaban J connectivity index is 1.91. The van der Waals surface area contributed by atoms with Crippen molar-refractivity contribution in [1.82, 2.24) is 15.3 Å². The van der Waals surface area contributed by atoms with Crippen LogP contribution in [0.25, 0.3) is 0 Å². The molecule has 0 spiro atoms. The minimum absolute atomic E-state index is 0.136. The average molecular weight is 325 g/mol. The number of aromatic nitrogens is 2. The highest BCUT2D eigenvalue weighted by atomic mass is 79.9. The van der Waals surface area contributed by atoms with Gasteiger partial charge >= 0.3 is 0 Å². The second-order valence-corrected chi connectivity index (χ2v) is 4.95. The molecule has 2 N–H and O–H groups in total. The molecule has 1 heterocycles. The second kappa shape index (κ2) is 6.44. The Morgan fingerprint density at radius 1 is 1.47 bits per heavy atom. The number of aromatic amines is 1. The number of imidazole rings is 1. The summed E-state index contributed by atoms with van der Waals surface area (Å²) in [6.07, 6.45) is 4.21. The molecule has 6 nitrogen and oxygen atoms in total. The summed E-state index contributed by atoms with van der Waals surface area (Å²) in [5, 5.41) is 14.1. The maximum Gasteiger partial charge on any atom is 0.273 e. The molecule has 0 unspecified atom stereocenters. The summed E-state index contributed by atoms with van der Waals surface area (Å²) in [4.78, 5) is 17.5. The number of nitro benzene ring substituents is 1. The summed E-state index contributed by atoms with van der Waals surface area (Å²) in [7, 11) is 0. The van der Waals surface area contributed by atoms with E-state index in [1.807, 2.05) is 0 Å². The molecular formula is C12H13BrN4O2. The molecule has 0 amide bonds. The SMILES string of the molecule is O=[N+]([O-])c1ccc(Br)cc1CNCCc1cnc[nH]1. The summed E-state index contributed by atoms with van der Waals surface area (Å²) in [6, 6.07) is 4.95. The highest BCUT2D eigenvalue weighted by molar-refractivity contribution is 9.10. The summed E-state index contributed by atoms with van der Waals surface area (Å²) >= 11 is 3.32. The molecule has 7 heteroatoms. The lowest BCUT2D eigenvalue weighted by molar-refractivity contribution is -0.385. The molecule has 19 heavy (non-hydrogen) atoms. The summed E-state index contributed by atoms with van der Waals surface area (Å²) in [5.41, 5.74) is 1.84. The van der Waals surface area contributed by atoms with Crippen LogP contribution in [0.4, 0.5) is 5.69 Å². The van der Waals surface area contributed by atoms with Crippen molar-refractivity contribution in [2.24, 2.45) is 0 Å². The smallest absolute Gasteiger partial charge is 0.273 e. The molecule has 0 bridgehead atoms. The standard InChI is InChI=1S/C12H13BrN4O2/c13-10-1-2-12(17(18)19)9(5-10)6-14-4-3-11-7-15-8-16-11/h1-2,5,7-8,14H,3-4,6H2,(H,15,16). The summed E-state index contributed by atoms with van der Waals surface area (Å²) < 4.78 is 0.837. The molecule has 0 radical (unpaired) electrons. The molecule has 0 saturated heterocycles. The van der Waals surface area contributed by atoms with Crippen LogP contribution in [0.15, 0.2) is 35.2 Å². The zero-order chi connectivity index (χ0) is 13.7. The van der Waals surface area contributed by atoms with Gasteiger partial charge in [-0.2, -0.15) is 0 Å². The Labute approximate surface area is 118 Å². The van der Waals surface area contributed by atoms with E-state index in [-0.39, 0.29) is 10.6 Å². The first-order valence-electron chi connectivity index (χ1n) is 5.77. The van der Waals surface area contributed by atoms with Crippen LogP contribution < -0.4 is 5.32 Å². The minimum Gasteiger partial charge on any atom is -0.348 e. The molecule has 0 atom stereocenters. The molecule has 2 aromatic rings. The van der Waals surface area contributed by atoms with E-state index in [9.17, 15) is 10.1 Å². The van der Waals surface area contributed by atoms with Gasteiger partial charge in [-0.15, -0.1) is 0 Å². The van der Waals surface area contributed by atoms with E-state index in [0.717, 1.165) is 23.1 Å². The van der Waals surface area contributed by atoms with Crippen molar-refractivity contribution < 1.29 is 4.92 Å². The van der Waals surface area contributed by atoms with Crippen LogP contribution in [0, 0.1) is 10.1 Å². The highest BCUT2D eigenvalue weighted by Gasteiger charge is 2.12. The van der Waals surface area contributed by atoms with Crippen LogP contribution >= 0.6 is 15.9 Å². The summed E-state index contributed by atoms with van der Waals surface area (Å²) in [6.45, 7) is 1.19. The third-order valence-corrected chi connectivity index (χ3v) is 3.17. The van der Waals surface area contributed by atoms with Crippen LogP contribution in [0.2, 0.25) is 0 Å². The molecular weight excluding hydrogens is 312 g/mol. The Morgan fingerprint density at radius 2 is 2.32 bits per heavy atom. The molecule has 0 aliphatic rings. The Morgan fingerprint density at radius 3 is 3.00 bits per heavy atom. The zero-order valence-corrected chi connectivity index (χ0v) is 11.7. The van der Waals surface area contributed by atoms with Gasteiger partial charge in [0.2, 0.25) is 0 Å². The number of hydrogen-bond acceptors (Lipinski definition) is 4. The number of hydrogen-bond donors (Lipinski definition) is 2. The van der Waals surface area contributed by atoms with E-state index in [1.54, 1.807) is 24.7 Å². The normalized spacial score (nSPS) is 10.6. The van der Waals surface area contributed by atoms with Gasteiger partial charge < -0.3 is 10.3 Å². The Kier molecular flexibility index (Phi) is 4.64. The van der Waals surface area contributed by atoms with E-state index in [0.29, 0.717) is 12.1 Å². The van der Waals surface area contributed by atoms with Gasteiger partial charge in [0.1, 0.15) is 0 Å². The molecule has 2 rings (SSSR count). The van der Waals surface area contributed by atoms with Crippen LogP contribution in [0.3, 0.4) is 0 Å². The number of halogens is 1. The van der Waals surface area contributed by atoms with Crippen molar-refractivity contribution in [3.63, 3.8) is 0 Å². The van der Waals surface area contributed by atoms with Crippen LogP contribution in [0.1, 0.15) is 11.3 Å². The van der Waals surface area contributed by atoms with Gasteiger partial charge in [-0.05, 0) is 12.1 Å². The van der Waals surface area contributed by atoms with Crippen molar-refractivity contribution in [2.45, 2.75) is 13.0 Å². The number of nitro groups is 1. The fourth-order valence-electron chi connectivity index (χ4n) is 1.74. The van der Waals surface area contributed by atoms with Crippen LogP contribution in [-0.4, -0.2) is 21.4 Å². The van der Waals surface area contributed by atoms with Gasteiger partial charge in [-0.25, -0.2) is 4.98 Å². The number of benzene rings is 1. The monoisotopic (exact) mass is 324 g/mol. The number of nitrogens with zero attached hydrogens (tertiary/aromatic N) is 2. The minimum atomic E-state index is -0.363. The first-order chi connectivity index (χ1) is 9.16. The van der Waals surface area contributed by atoms with E-state index < -0.39 is 0 Å². The van der Waals surface area contributed by atoms with Crippen molar-refractivity contribution in [1.29, 1.82) is 0 Å². The third kappa shape index (κ3) is 3.87. The quantitative estimate of drug-likeness (QED) is 0.485. The average Bonchev–Trinajstić information content (AvgIpc) is 2.87. The largest absolute Gasteiger partial charge is 0.348 e. The van der Waals surface area contributed by atoms with Crippen LogP contribution in [-0.2, 0) is 13.0 Å². The predicted molar refractivity (Wildman–Crippen MR) is 74.8 cm³/mol. The lowest BCUT2D eigenvalue weighted by atomic mass is 10.2. The highest BCUT2D eigenvalue weighted by Crippen LogP contribution is 2.22. The van der Waals surface area contributed by atoms with E-state index in [2.05, 4.69) is 31.2 Å². The fourth-order valence-corrected chi connectivity index (χ4v) is 2.15. The first-order valence-corrected chi connectivity index (χ1v) is 6.57. The molecule has 100 valence electrons. The Hall–Kier alpha value is -1.73. The third-order valence-electron chi connectivity index (χ3n) is 2.68. The van der Waals surface area contributed by atoms with Crippen LogP contribution in [0.5, 0.6) is 0 Å². The van der Waals surface area contributed by atoms with Gasteiger partial charge in [-0.1, -0.05) is 15.9 Å². The van der Waals surface area contributed by atoms with Gasteiger partial charge in [0.05, 0.1) is 11.3 Å². The fraction of sp³-hybridized carbons (Fsp3) is 0.250. The Bertz CT molecular complexity index is 557. The molecule has 0 saturated carbocycles. The molecule has 0 fully saturated rings. The molecule has 1 aromatic carbocycles.